The highest BCUT2D eigenvalue weighted by molar-refractivity contribution is 6.01. The van der Waals surface area contributed by atoms with Gasteiger partial charge in [-0.15, -0.1) is 0 Å². The van der Waals surface area contributed by atoms with Gasteiger partial charge in [0.15, 0.2) is 0 Å². The molecule has 0 saturated carbocycles. The van der Waals surface area contributed by atoms with Crippen molar-refractivity contribution in [1.82, 2.24) is 4.98 Å². The maximum atomic E-state index is 14.3. The van der Waals surface area contributed by atoms with E-state index in [1.165, 1.54) is 25.3 Å². The Labute approximate surface area is 144 Å². The molecule has 3 nitrogen and oxygen atoms in total. The second-order valence-corrected chi connectivity index (χ2v) is 6.07. The standard InChI is InChI=1S/C20H17F2NO2/c1-11(2)15-10-23-19(18-16(21)5-4-6-17(18)22)14-9-12(20(24)25-3)7-8-13(14)15/h4-11H,1-3H3. The molecule has 0 aliphatic rings. The number of esters is 1. The van der Waals surface area contributed by atoms with Gasteiger partial charge in [0.05, 0.1) is 23.9 Å². The Morgan fingerprint density at radius 3 is 2.36 bits per heavy atom. The highest BCUT2D eigenvalue weighted by Crippen LogP contribution is 2.35. The lowest BCUT2D eigenvalue weighted by atomic mass is 9.94. The average molecular weight is 341 g/mol. The maximum absolute atomic E-state index is 14.3. The predicted octanol–water partition coefficient (Wildman–Crippen LogP) is 5.09. The number of pyridine rings is 1. The number of carbonyl (C=O) groups excluding carboxylic acids is 1. The van der Waals surface area contributed by atoms with Crippen LogP contribution in [-0.4, -0.2) is 18.1 Å². The van der Waals surface area contributed by atoms with Crippen LogP contribution >= 0.6 is 0 Å². The highest BCUT2D eigenvalue weighted by atomic mass is 19.1. The van der Waals surface area contributed by atoms with Crippen LogP contribution in [0.5, 0.6) is 0 Å². The van der Waals surface area contributed by atoms with Gasteiger partial charge in [-0.1, -0.05) is 26.0 Å². The molecule has 0 atom stereocenters. The van der Waals surface area contributed by atoms with E-state index in [2.05, 4.69) is 4.98 Å². The highest BCUT2D eigenvalue weighted by Gasteiger charge is 2.19. The summed E-state index contributed by atoms with van der Waals surface area (Å²) in [5, 5.41) is 1.31. The third kappa shape index (κ3) is 2.97. The van der Waals surface area contributed by atoms with Crippen molar-refractivity contribution in [2.75, 3.05) is 7.11 Å². The zero-order valence-corrected chi connectivity index (χ0v) is 14.1. The summed E-state index contributed by atoms with van der Waals surface area (Å²) in [6, 6.07) is 8.65. The molecule has 128 valence electrons. The molecule has 0 fully saturated rings. The number of aromatic nitrogens is 1. The Morgan fingerprint density at radius 1 is 1.08 bits per heavy atom. The molecule has 25 heavy (non-hydrogen) atoms. The van der Waals surface area contributed by atoms with Crippen LogP contribution in [0.25, 0.3) is 22.0 Å². The van der Waals surface area contributed by atoms with E-state index >= 15 is 0 Å². The summed E-state index contributed by atoms with van der Waals surface area (Å²) in [6.45, 7) is 4.02. The summed E-state index contributed by atoms with van der Waals surface area (Å²) in [5.41, 5.74) is 1.20. The topological polar surface area (TPSA) is 39.2 Å². The van der Waals surface area contributed by atoms with E-state index in [-0.39, 0.29) is 17.2 Å². The molecule has 3 rings (SSSR count). The second-order valence-electron chi connectivity index (χ2n) is 6.07. The molecule has 0 saturated heterocycles. The second kappa shape index (κ2) is 6.59. The van der Waals surface area contributed by atoms with E-state index < -0.39 is 17.6 Å². The molecule has 5 heteroatoms. The number of hydrogen-bond acceptors (Lipinski definition) is 3. The van der Waals surface area contributed by atoms with Gasteiger partial charge in [0, 0.05) is 11.6 Å². The summed E-state index contributed by atoms with van der Waals surface area (Å²) in [7, 11) is 1.28. The molecule has 0 amide bonds. The summed E-state index contributed by atoms with van der Waals surface area (Å²) in [4.78, 5) is 16.2. The maximum Gasteiger partial charge on any atom is 0.337 e. The van der Waals surface area contributed by atoms with Crippen LogP contribution in [0, 0.1) is 11.6 Å². The van der Waals surface area contributed by atoms with Gasteiger partial charge in [-0.2, -0.15) is 0 Å². The Kier molecular flexibility index (Phi) is 4.49. The van der Waals surface area contributed by atoms with E-state index in [0.29, 0.717) is 10.9 Å². The Morgan fingerprint density at radius 2 is 1.76 bits per heavy atom. The predicted molar refractivity (Wildman–Crippen MR) is 92.5 cm³/mol. The van der Waals surface area contributed by atoms with Crippen LogP contribution in [0.4, 0.5) is 8.78 Å². The fourth-order valence-electron chi connectivity index (χ4n) is 2.89. The van der Waals surface area contributed by atoms with Crippen molar-refractivity contribution in [1.29, 1.82) is 0 Å². The van der Waals surface area contributed by atoms with Crippen LogP contribution in [0.3, 0.4) is 0 Å². The molecule has 1 aromatic heterocycles. The number of rotatable bonds is 3. The lowest BCUT2D eigenvalue weighted by molar-refractivity contribution is 0.0601. The zero-order chi connectivity index (χ0) is 18.1. The van der Waals surface area contributed by atoms with E-state index in [4.69, 9.17) is 4.74 Å². The first-order valence-electron chi connectivity index (χ1n) is 7.89. The minimum absolute atomic E-state index is 0.165. The van der Waals surface area contributed by atoms with Crippen molar-refractivity contribution < 1.29 is 18.3 Å². The van der Waals surface area contributed by atoms with Crippen molar-refractivity contribution in [3.63, 3.8) is 0 Å². The fraction of sp³-hybridized carbons (Fsp3) is 0.200. The van der Waals surface area contributed by atoms with Crippen LogP contribution in [0.2, 0.25) is 0 Å². The van der Waals surface area contributed by atoms with E-state index in [1.807, 2.05) is 13.8 Å². The minimum atomic E-state index is -0.699. The number of benzene rings is 2. The number of nitrogens with zero attached hydrogens (tertiary/aromatic N) is 1. The van der Waals surface area contributed by atoms with Crippen molar-refractivity contribution in [3.05, 3.63) is 65.4 Å². The van der Waals surface area contributed by atoms with Gasteiger partial charge in [0.25, 0.3) is 0 Å². The van der Waals surface area contributed by atoms with Gasteiger partial charge >= 0.3 is 5.97 Å². The molecule has 0 bridgehead atoms. The molecule has 0 spiro atoms. The number of methoxy groups -OCH3 is 1. The molecular weight excluding hydrogens is 324 g/mol. The Hall–Kier alpha value is -2.82. The van der Waals surface area contributed by atoms with E-state index in [0.717, 1.165) is 10.9 Å². The van der Waals surface area contributed by atoms with Crippen molar-refractivity contribution in [3.8, 4) is 11.3 Å². The van der Waals surface area contributed by atoms with E-state index in [1.54, 1.807) is 24.4 Å². The number of fused-ring (bicyclic) bond motifs is 1. The van der Waals surface area contributed by atoms with Crippen LogP contribution < -0.4 is 0 Å². The first-order chi connectivity index (χ1) is 11.9. The van der Waals surface area contributed by atoms with Gasteiger partial charge in [-0.25, -0.2) is 13.6 Å². The van der Waals surface area contributed by atoms with E-state index in [9.17, 15) is 13.6 Å². The molecule has 3 aromatic rings. The normalized spacial score (nSPS) is 11.1. The zero-order valence-electron chi connectivity index (χ0n) is 14.1. The summed E-state index contributed by atoms with van der Waals surface area (Å²) >= 11 is 0. The molecule has 1 heterocycles. The number of halogens is 2. The molecule has 0 unspecified atom stereocenters. The molecule has 0 radical (unpaired) electrons. The lowest BCUT2D eigenvalue weighted by Gasteiger charge is -2.14. The lowest BCUT2D eigenvalue weighted by Crippen LogP contribution is -2.03. The van der Waals surface area contributed by atoms with Crippen LogP contribution in [0.15, 0.2) is 42.6 Å². The molecular formula is C20H17F2NO2. The third-order valence-electron chi connectivity index (χ3n) is 4.16. The number of hydrogen-bond donors (Lipinski definition) is 0. The molecule has 0 N–H and O–H groups in total. The largest absolute Gasteiger partial charge is 0.465 e. The van der Waals surface area contributed by atoms with Gasteiger partial charge in [0.2, 0.25) is 0 Å². The Bertz CT molecular complexity index is 947. The first-order valence-corrected chi connectivity index (χ1v) is 7.89. The van der Waals surface area contributed by atoms with Crippen LogP contribution in [-0.2, 0) is 4.74 Å². The van der Waals surface area contributed by atoms with Gasteiger partial charge in [0.1, 0.15) is 11.6 Å². The first kappa shape index (κ1) is 17.0. The van der Waals surface area contributed by atoms with Gasteiger partial charge in [-0.05, 0) is 41.1 Å². The molecule has 0 aliphatic carbocycles. The summed E-state index contributed by atoms with van der Waals surface area (Å²) in [5.74, 6) is -1.75. The third-order valence-corrected chi connectivity index (χ3v) is 4.16. The van der Waals surface area contributed by atoms with Crippen molar-refractivity contribution in [2.45, 2.75) is 19.8 Å². The smallest absolute Gasteiger partial charge is 0.337 e. The average Bonchev–Trinajstić information content (AvgIpc) is 2.60. The van der Waals surface area contributed by atoms with Gasteiger partial charge in [-0.3, -0.25) is 4.98 Å². The SMILES string of the molecule is COC(=O)c1ccc2c(C(C)C)cnc(-c3c(F)cccc3F)c2c1. The summed E-state index contributed by atoms with van der Waals surface area (Å²) in [6.07, 6.45) is 1.63. The fourth-order valence-corrected chi connectivity index (χ4v) is 2.89. The Balaban J connectivity index is 2.39. The molecule has 0 aliphatic heterocycles. The minimum Gasteiger partial charge on any atom is -0.465 e. The van der Waals surface area contributed by atoms with Gasteiger partial charge < -0.3 is 4.74 Å². The van der Waals surface area contributed by atoms with Crippen molar-refractivity contribution >= 4 is 16.7 Å². The quantitative estimate of drug-likeness (QED) is 0.623. The van der Waals surface area contributed by atoms with Crippen molar-refractivity contribution in [2.24, 2.45) is 0 Å². The number of ether oxygens (including phenoxy) is 1. The number of carbonyl (C=O) groups is 1. The summed E-state index contributed by atoms with van der Waals surface area (Å²) < 4.78 is 33.3. The van der Waals surface area contributed by atoms with Crippen LogP contribution in [0.1, 0.15) is 35.7 Å². The molecule has 2 aromatic carbocycles. The monoisotopic (exact) mass is 341 g/mol.